The van der Waals surface area contributed by atoms with Gasteiger partial charge in [-0.15, -0.1) is 0 Å². The van der Waals surface area contributed by atoms with Crippen molar-refractivity contribution in [2.45, 2.75) is 38.5 Å². The first-order chi connectivity index (χ1) is 8.40. The summed E-state index contributed by atoms with van der Waals surface area (Å²) < 4.78 is 0. The van der Waals surface area contributed by atoms with Crippen molar-refractivity contribution >= 4 is 46.6 Å². The Morgan fingerprint density at radius 2 is 1.00 bits per heavy atom. The summed E-state index contributed by atoms with van der Waals surface area (Å²) in [6.45, 7) is 0. The second-order valence-electron chi connectivity index (χ2n) is 4.58. The maximum absolute atomic E-state index is 10.6. The smallest absolute Gasteiger partial charge is 0.550 e. The summed E-state index contributed by atoms with van der Waals surface area (Å²) in [4.78, 5) is 40.8. The van der Waals surface area contributed by atoms with Crippen LogP contribution in [0.3, 0.4) is 0 Å². The number of ketones is 2. The van der Waals surface area contributed by atoms with Gasteiger partial charge in [0.1, 0.15) is 11.6 Å². The van der Waals surface area contributed by atoms with Crippen LogP contribution < -0.4 is 10.2 Å². The molecule has 2 saturated carbocycles. The first kappa shape index (κ1) is 18.0. The fraction of sp³-hybridized carbons (Fsp3) is 0.667. The molecule has 0 aromatic rings. The van der Waals surface area contributed by atoms with E-state index in [4.69, 9.17) is 0 Å². The SMILES string of the molecule is O=C([O-])CC(=O)C1CC1.O=C([O-])CC(=O)C1CC1.[Mg+2]. The van der Waals surface area contributed by atoms with Crippen LogP contribution in [-0.4, -0.2) is 46.6 Å². The maximum atomic E-state index is 10.6. The molecule has 100 valence electrons. The van der Waals surface area contributed by atoms with Gasteiger partial charge in [0.05, 0.1) is 0 Å². The number of hydrogen-bond donors (Lipinski definition) is 0. The van der Waals surface area contributed by atoms with E-state index in [2.05, 4.69) is 0 Å². The Hall–Kier alpha value is -0.954. The van der Waals surface area contributed by atoms with Gasteiger partial charge >= 0.3 is 23.1 Å². The van der Waals surface area contributed by atoms with E-state index in [9.17, 15) is 29.4 Å². The van der Waals surface area contributed by atoms with Gasteiger partial charge < -0.3 is 19.8 Å². The van der Waals surface area contributed by atoms with Crippen molar-refractivity contribution in [1.29, 1.82) is 0 Å². The van der Waals surface area contributed by atoms with Gasteiger partial charge in [0.2, 0.25) is 0 Å². The first-order valence-electron chi connectivity index (χ1n) is 5.85. The fourth-order valence-corrected chi connectivity index (χ4v) is 1.38. The second-order valence-corrected chi connectivity index (χ2v) is 4.58. The van der Waals surface area contributed by atoms with Crippen molar-refractivity contribution in [3.63, 3.8) is 0 Å². The van der Waals surface area contributed by atoms with E-state index in [-0.39, 0.29) is 46.5 Å². The van der Waals surface area contributed by atoms with Crippen molar-refractivity contribution in [3.8, 4) is 0 Å². The zero-order valence-corrected chi connectivity index (χ0v) is 12.0. The summed E-state index contributed by atoms with van der Waals surface area (Å²) in [6.07, 6.45) is 2.67. The van der Waals surface area contributed by atoms with Gasteiger partial charge in [-0.25, -0.2) is 0 Å². The van der Waals surface area contributed by atoms with Gasteiger partial charge in [-0.1, -0.05) is 0 Å². The average Bonchev–Trinajstić information content (AvgIpc) is 3.11. The normalized spacial score (nSPS) is 16.4. The number of Topliss-reactive ketones (excluding diaryl/α,β-unsaturated/α-hetero) is 2. The summed E-state index contributed by atoms with van der Waals surface area (Å²) in [7, 11) is 0. The molecule has 0 heterocycles. The molecule has 2 aliphatic rings. The van der Waals surface area contributed by atoms with Gasteiger partial charge in [0.15, 0.2) is 0 Å². The Morgan fingerprint density at radius 3 is 1.16 bits per heavy atom. The molecule has 0 N–H and O–H groups in total. The van der Waals surface area contributed by atoms with E-state index in [1.165, 1.54) is 0 Å². The van der Waals surface area contributed by atoms with Gasteiger partial charge in [0, 0.05) is 36.6 Å². The largest absolute Gasteiger partial charge is 2.00 e. The zero-order valence-electron chi connectivity index (χ0n) is 10.6. The minimum Gasteiger partial charge on any atom is -0.550 e. The monoisotopic (exact) mass is 278 g/mol. The molecule has 0 aromatic heterocycles. The quantitative estimate of drug-likeness (QED) is 0.403. The Labute approximate surface area is 126 Å². The van der Waals surface area contributed by atoms with Crippen LogP contribution in [0, 0.1) is 11.8 Å². The first-order valence-corrected chi connectivity index (χ1v) is 5.85. The third-order valence-electron chi connectivity index (χ3n) is 2.70. The molecule has 0 saturated heterocycles. The molecule has 2 rings (SSSR count). The van der Waals surface area contributed by atoms with E-state index < -0.39 is 24.8 Å². The van der Waals surface area contributed by atoms with Crippen molar-refractivity contribution < 1.29 is 29.4 Å². The van der Waals surface area contributed by atoms with E-state index in [1.807, 2.05) is 0 Å². The second kappa shape index (κ2) is 8.26. The zero-order chi connectivity index (χ0) is 13.7. The van der Waals surface area contributed by atoms with Gasteiger partial charge in [-0.3, -0.25) is 9.59 Å². The molecule has 0 bridgehead atoms. The summed E-state index contributed by atoms with van der Waals surface area (Å²) in [5.74, 6) is -2.77. The molecule has 19 heavy (non-hydrogen) atoms. The molecule has 0 radical (unpaired) electrons. The molecule has 0 unspecified atom stereocenters. The minimum atomic E-state index is -1.26. The molecule has 6 nitrogen and oxygen atoms in total. The van der Waals surface area contributed by atoms with Crippen LogP contribution in [0.1, 0.15) is 38.5 Å². The van der Waals surface area contributed by atoms with Crippen LogP contribution in [0.2, 0.25) is 0 Å². The van der Waals surface area contributed by atoms with Crippen molar-refractivity contribution in [3.05, 3.63) is 0 Å². The minimum absolute atomic E-state index is 0. The number of aliphatic carboxylic acids is 2. The van der Waals surface area contributed by atoms with Crippen LogP contribution in [0.5, 0.6) is 0 Å². The molecule has 0 amide bonds. The van der Waals surface area contributed by atoms with Crippen molar-refractivity contribution in [1.82, 2.24) is 0 Å². The van der Waals surface area contributed by atoms with Crippen LogP contribution >= 0.6 is 0 Å². The number of rotatable bonds is 6. The Kier molecular flexibility index (Phi) is 7.85. The molecule has 0 atom stereocenters. The number of carbonyl (C=O) groups excluding carboxylic acids is 4. The van der Waals surface area contributed by atoms with Gasteiger partial charge in [0.25, 0.3) is 0 Å². The summed E-state index contributed by atoms with van der Waals surface area (Å²) >= 11 is 0. The van der Waals surface area contributed by atoms with Crippen LogP contribution in [0.15, 0.2) is 0 Å². The maximum Gasteiger partial charge on any atom is 2.00 e. The molecule has 0 spiro atoms. The molecule has 0 aromatic carbocycles. The Balaban J connectivity index is 0.000000324. The predicted octanol–water partition coefficient (Wildman–Crippen LogP) is -2.17. The number of carboxylic acids is 2. The molecule has 2 aliphatic carbocycles. The topological polar surface area (TPSA) is 114 Å². The van der Waals surface area contributed by atoms with Crippen LogP contribution in [0.25, 0.3) is 0 Å². The van der Waals surface area contributed by atoms with Crippen LogP contribution in [-0.2, 0) is 19.2 Å². The van der Waals surface area contributed by atoms with Crippen molar-refractivity contribution in [2.75, 3.05) is 0 Å². The fourth-order valence-electron chi connectivity index (χ4n) is 1.38. The van der Waals surface area contributed by atoms with Gasteiger partial charge in [-0.05, 0) is 25.7 Å². The summed E-state index contributed by atoms with van der Waals surface area (Å²) in [5.41, 5.74) is 0. The molecule has 7 heteroatoms. The number of hydrogen-bond acceptors (Lipinski definition) is 6. The molecule has 2 fully saturated rings. The number of carboxylic acid groups (broad SMARTS) is 2. The molecular formula is C12H14MgO6. The van der Waals surface area contributed by atoms with Gasteiger partial charge in [-0.2, -0.15) is 0 Å². The summed E-state index contributed by atoms with van der Waals surface area (Å²) in [5, 5.41) is 19.6. The van der Waals surface area contributed by atoms with E-state index in [1.54, 1.807) is 0 Å². The average molecular weight is 279 g/mol. The van der Waals surface area contributed by atoms with Crippen LogP contribution in [0.4, 0.5) is 0 Å². The van der Waals surface area contributed by atoms with E-state index >= 15 is 0 Å². The summed E-state index contributed by atoms with van der Waals surface area (Å²) in [6, 6.07) is 0. The van der Waals surface area contributed by atoms with E-state index in [0.717, 1.165) is 25.7 Å². The number of carbonyl (C=O) groups is 4. The third-order valence-corrected chi connectivity index (χ3v) is 2.70. The third kappa shape index (κ3) is 8.71. The molecule has 0 aliphatic heterocycles. The Morgan fingerprint density at radius 1 is 0.737 bits per heavy atom. The standard InChI is InChI=1S/2C6H8O3.Mg/c2*7-5(3-6(8)9)4-1-2-4;/h2*4H,1-3H2,(H,8,9);/q;;+2/p-2. The predicted molar refractivity (Wildman–Crippen MR) is 60.5 cm³/mol. The van der Waals surface area contributed by atoms with Crippen molar-refractivity contribution in [2.24, 2.45) is 11.8 Å². The Bertz CT molecular complexity index is 334. The molecular weight excluding hydrogens is 264 g/mol. The van der Waals surface area contributed by atoms with E-state index in [0.29, 0.717) is 0 Å².